The summed E-state index contributed by atoms with van der Waals surface area (Å²) in [5.41, 5.74) is 5.51. The number of aromatic nitrogens is 1. The number of nitrogens with zero attached hydrogens (tertiary/aromatic N) is 3. The van der Waals surface area contributed by atoms with Crippen LogP contribution in [0.15, 0.2) is 12.1 Å². The Balaban J connectivity index is 2.02. The van der Waals surface area contributed by atoms with Gasteiger partial charge in [-0.2, -0.15) is 0 Å². The van der Waals surface area contributed by atoms with Crippen molar-refractivity contribution in [3.8, 4) is 0 Å². The number of nitro groups is 1. The molecule has 0 bridgehead atoms. The molecule has 1 unspecified atom stereocenters. The summed E-state index contributed by atoms with van der Waals surface area (Å²) in [7, 11) is 2.08. The molecule has 0 aromatic carbocycles. The molecule has 1 saturated heterocycles. The van der Waals surface area contributed by atoms with Gasteiger partial charge in [0, 0.05) is 12.6 Å². The summed E-state index contributed by atoms with van der Waals surface area (Å²) in [4.78, 5) is 16.6. The number of pyridine rings is 1. The molecule has 0 radical (unpaired) electrons. The van der Waals surface area contributed by atoms with E-state index in [0.29, 0.717) is 11.9 Å². The van der Waals surface area contributed by atoms with Crippen molar-refractivity contribution in [1.29, 1.82) is 0 Å². The highest BCUT2D eigenvalue weighted by molar-refractivity contribution is 5.52. The topological polar surface area (TPSA) is 97.3 Å². The van der Waals surface area contributed by atoms with Crippen molar-refractivity contribution < 1.29 is 4.92 Å². The summed E-state index contributed by atoms with van der Waals surface area (Å²) in [6.07, 6.45) is 2.32. The zero-order chi connectivity index (χ0) is 13.1. The minimum Gasteiger partial charge on any atom is -0.383 e. The zero-order valence-corrected chi connectivity index (χ0v) is 10.3. The average molecular weight is 251 g/mol. The lowest BCUT2D eigenvalue weighted by Gasteiger charge is -2.19. The van der Waals surface area contributed by atoms with Crippen molar-refractivity contribution in [2.75, 3.05) is 31.2 Å². The van der Waals surface area contributed by atoms with Gasteiger partial charge in [0.05, 0.1) is 17.1 Å². The molecule has 2 heterocycles. The first-order valence-corrected chi connectivity index (χ1v) is 5.92. The van der Waals surface area contributed by atoms with Crippen LogP contribution in [0.3, 0.4) is 0 Å². The molecule has 1 aliphatic rings. The van der Waals surface area contributed by atoms with Crippen LogP contribution in [0.5, 0.6) is 0 Å². The number of anilines is 2. The Morgan fingerprint density at radius 2 is 2.44 bits per heavy atom. The van der Waals surface area contributed by atoms with Crippen LogP contribution in [0, 0.1) is 10.1 Å². The Kier molecular flexibility index (Phi) is 3.61. The summed E-state index contributed by atoms with van der Waals surface area (Å²) in [5.74, 6) is 0.619. The Labute approximate surface area is 105 Å². The Hall–Kier alpha value is -1.89. The average Bonchev–Trinajstić information content (AvgIpc) is 2.71. The van der Waals surface area contributed by atoms with Crippen molar-refractivity contribution in [3.63, 3.8) is 0 Å². The number of hydrogen-bond donors (Lipinski definition) is 2. The van der Waals surface area contributed by atoms with E-state index in [4.69, 9.17) is 5.73 Å². The molecule has 0 saturated carbocycles. The highest BCUT2D eigenvalue weighted by atomic mass is 16.6. The standard InChI is InChI=1S/C11H17N5O2/c1-15-4-2-3-8(15)7-13-11-6-9(16(17)18)5-10(12)14-11/h5-6,8H,2-4,7H2,1H3,(H3,12,13,14). The van der Waals surface area contributed by atoms with Gasteiger partial charge in [-0.05, 0) is 26.4 Å². The van der Waals surface area contributed by atoms with E-state index in [9.17, 15) is 10.1 Å². The van der Waals surface area contributed by atoms with Crippen LogP contribution in [0.1, 0.15) is 12.8 Å². The third-order valence-electron chi connectivity index (χ3n) is 3.23. The normalized spacial score (nSPS) is 19.9. The monoisotopic (exact) mass is 251 g/mol. The van der Waals surface area contributed by atoms with Gasteiger partial charge in [-0.1, -0.05) is 0 Å². The molecule has 0 aliphatic carbocycles. The van der Waals surface area contributed by atoms with Gasteiger partial charge >= 0.3 is 0 Å². The van der Waals surface area contributed by atoms with E-state index in [1.54, 1.807) is 0 Å². The van der Waals surface area contributed by atoms with E-state index < -0.39 is 4.92 Å². The quantitative estimate of drug-likeness (QED) is 0.614. The number of rotatable bonds is 4. The van der Waals surface area contributed by atoms with E-state index in [-0.39, 0.29) is 11.5 Å². The predicted octanol–water partition coefficient (Wildman–Crippen LogP) is 1.08. The van der Waals surface area contributed by atoms with E-state index in [0.717, 1.165) is 19.5 Å². The summed E-state index contributed by atoms with van der Waals surface area (Å²) in [6, 6.07) is 3.12. The van der Waals surface area contributed by atoms with Crippen LogP contribution in [0.4, 0.5) is 17.3 Å². The number of likely N-dealkylation sites (N-methyl/N-ethyl adjacent to an activating group) is 1. The third-order valence-corrected chi connectivity index (χ3v) is 3.23. The van der Waals surface area contributed by atoms with Crippen LogP contribution in [0.25, 0.3) is 0 Å². The van der Waals surface area contributed by atoms with E-state index in [1.807, 2.05) is 0 Å². The van der Waals surface area contributed by atoms with Crippen LogP contribution in [-0.2, 0) is 0 Å². The molecule has 1 aliphatic heterocycles. The molecule has 2 rings (SSSR count). The molecule has 1 aromatic rings. The number of nitrogen functional groups attached to an aromatic ring is 1. The minimum absolute atomic E-state index is 0.0372. The number of hydrogen-bond acceptors (Lipinski definition) is 6. The van der Waals surface area contributed by atoms with E-state index in [1.165, 1.54) is 18.6 Å². The maximum absolute atomic E-state index is 10.7. The molecule has 0 spiro atoms. The van der Waals surface area contributed by atoms with Crippen molar-refractivity contribution in [2.45, 2.75) is 18.9 Å². The number of nitrogens with one attached hydrogen (secondary N) is 1. The molecule has 18 heavy (non-hydrogen) atoms. The highest BCUT2D eigenvalue weighted by Crippen LogP contribution is 2.20. The first-order valence-electron chi connectivity index (χ1n) is 5.92. The molecule has 0 amide bonds. The molecular formula is C11H17N5O2. The van der Waals surface area contributed by atoms with Crippen molar-refractivity contribution in [2.24, 2.45) is 0 Å². The smallest absolute Gasteiger partial charge is 0.276 e. The lowest BCUT2D eigenvalue weighted by molar-refractivity contribution is -0.384. The molecule has 1 aromatic heterocycles. The van der Waals surface area contributed by atoms with Crippen molar-refractivity contribution >= 4 is 17.3 Å². The van der Waals surface area contributed by atoms with Gasteiger partial charge in [0.25, 0.3) is 5.69 Å². The summed E-state index contributed by atoms with van der Waals surface area (Å²) < 4.78 is 0. The first kappa shape index (κ1) is 12.6. The van der Waals surface area contributed by atoms with Gasteiger partial charge in [0.2, 0.25) is 0 Å². The predicted molar refractivity (Wildman–Crippen MR) is 69.4 cm³/mol. The van der Waals surface area contributed by atoms with Gasteiger partial charge < -0.3 is 16.0 Å². The number of nitrogens with two attached hydrogens (primary N) is 1. The maximum Gasteiger partial charge on any atom is 0.276 e. The number of likely N-dealkylation sites (tertiary alicyclic amines) is 1. The SMILES string of the molecule is CN1CCCC1CNc1cc([N+](=O)[O-])cc(N)n1. The second kappa shape index (κ2) is 5.18. The van der Waals surface area contributed by atoms with Crippen LogP contribution >= 0.6 is 0 Å². The van der Waals surface area contributed by atoms with Crippen LogP contribution in [0.2, 0.25) is 0 Å². The van der Waals surface area contributed by atoms with Gasteiger partial charge in [-0.3, -0.25) is 10.1 Å². The van der Waals surface area contributed by atoms with Crippen molar-refractivity contribution in [1.82, 2.24) is 9.88 Å². The Bertz CT molecular complexity index is 451. The summed E-state index contributed by atoms with van der Waals surface area (Å²) >= 11 is 0. The van der Waals surface area contributed by atoms with Gasteiger partial charge in [0.15, 0.2) is 0 Å². The zero-order valence-electron chi connectivity index (χ0n) is 10.3. The lowest BCUT2D eigenvalue weighted by Crippen LogP contribution is -2.31. The van der Waals surface area contributed by atoms with Gasteiger partial charge in [0.1, 0.15) is 11.6 Å². The van der Waals surface area contributed by atoms with Crippen molar-refractivity contribution in [3.05, 3.63) is 22.2 Å². The van der Waals surface area contributed by atoms with Gasteiger partial charge in [-0.25, -0.2) is 4.98 Å². The second-order valence-electron chi connectivity index (χ2n) is 4.55. The molecule has 1 fully saturated rings. The summed E-state index contributed by atoms with van der Waals surface area (Å²) in [6.45, 7) is 1.82. The lowest BCUT2D eigenvalue weighted by atomic mass is 10.2. The highest BCUT2D eigenvalue weighted by Gasteiger charge is 2.20. The molecule has 7 heteroatoms. The Morgan fingerprint density at radius 1 is 1.67 bits per heavy atom. The summed E-state index contributed by atoms with van der Waals surface area (Å²) in [5, 5.41) is 13.8. The fraction of sp³-hybridized carbons (Fsp3) is 0.545. The Morgan fingerprint density at radius 3 is 3.06 bits per heavy atom. The fourth-order valence-electron chi connectivity index (χ4n) is 2.19. The van der Waals surface area contributed by atoms with E-state index in [2.05, 4.69) is 22.2 Å². The molecule has 1 atom stereocenters. The first-order chi connectivity index (χ1) is 8.56. The van der Waals surface area contributed by atoms with E-state index >= 15 is 0 Å². The van der Waals surface area contributed by atoms with Crippen LogP contribution in [-0.4, -0.2) is 41.0 Å². The second-order valence-corrected chi connectivity index (χ2v) is 4.55. The minimum atomic E-state index is -0.467. The molecule has 7 nitrogen and oxygen atoms in total. The fourth-order valence-corrected chi connectivity index (χ4v) is 2.19. The van der Waals surface area contributed by atoms with Gasteiger partial charge in [-0.15, -0.1) is 0 Å². The molecular weight excluding hydrogens is 234 g/mol. The molecule has 3 N–H and O–H groups in total. The largest absolute Gasteiger partial charge is 0.383 e. The van der Waals surface area contributed by atoms with Crippen LogP contribution < -0.4 is 11.1 Å². The maximum atomic E-state index is 10.7. The molecule has 98 valence electrons. The third kappa shape index (κ3) is 2.86.